The highest BCUT2D eigenvalue weighted by molar-refractivity contribution is 8.16. The second-order valence-electron chi connectivity index (χ2n) is 7.50. The van der Waals surface area contributed by atoms with E-state index in [9.17, 15) is 14.0 Å². The zero-order chi connectivity index (χ0) is 22.5. The number of esters is 1. The summed E-state index contributed by atoms with van der Waals surface area (Å²) in [6.07, 6.45) is 1.96. The molecule has 0 fully saturated rings. The number of nitrogens with zero attached hydrogens (tertiary/aromatic N) is 3. The summed E-state index contributed by atoms with van der Waals surface area (Å²) in [6, 6.07) is 5.54. The van der Waals surface area contributed by atoms with Crippen molar-refractivity contribution in [2.75, 3.05) is 20.2 Å². The fraction of sp³-hybridized carbons (Fsp3) is 0.435. The monoisotopic (exact) mass is 445 g/mol. The van der Waals surface area contributed by atoms with Crippen LogP contribution in [0.4, 0.5) is 4.39 Å². The van der Waals surface area contributed by atoms with Gasteiger partial charge in [0.05, 0.1) is 30.8 Å². The fourth-order valence-corrected chi connectivity index (χ4v) is 4.86. The number of carbonyl (C=O) groups is 2. The van der Waals surface area contributed by atoms with Gasteiger partial charge in [0, 0.05) is 18.8 Å². The number of benzene rings is 1. The first kappa shape index (κ1) is 23.1. The molecule has 1 atom stereocenters. The maximum atomic E-state index is 14.1. The van der Waals surface area contributed by atoms with Crippen LogP contribution in [-0.2, 0) is 14.3 Å². The molecule has 0 spiro atoms. The van der Waals surface area contributed by atoms with Crippen LogP contribution in [0.2, 0.25) is 0 Å². The Morgan fingerprint density at radius 1 is 1.26 bits per heavy atom. The molecule has 0 saturated heterocycles. The van der Waals surface area contributed by atoms with Crippen molar-refractivity contribution in [3.8, 4) is 0 Å². The van der Waals surface area contributed by atoms with Gasteiger partial charge < -0.3 is 14.5 Å². The van der Waals surface area contributed by atoms with Crippen LogP contribution in [0.5, 0.6) is 0 Å². The van der Waals surface area contributed by atoms with Gasteiger partial charge in [-0.2, -0.15) is 0 Å². The lowest BCUT2D eigenvalue weighted by Crippen LogP contribution is -2.39. The lowest BCUT2D eigenvalue weighted by molar-refractivity contribution is -0.136. The third-order valence-electron chi connectivity index (χ3n) is 5.24. The Morgan fingerprint density at radius 2 is 1.97 bits per heavy atom. The van der Waals surface area contributed by atoms with E-state index in [1.807, 2.05) is 29.1 Å². The van der Waals surface area contributed by atoms with Gasteiger partial charge in [0.25, 0.3) is 0 Å². The summed E-state index contributed by atoms with van der Waals surface area (Å²) in [7, 11) is 1.32. The van der Waals surface area contributed by atoms with E-state index in [2.05, 4.69) is 4.99 Å². The normalized spacial score (nSPS) is 17.8. The number of methoxy groups -OCH3 is 1. The molecule has 2 aliphatic rings. The highest BCUT2D eigenvalue weighted by Crippen LogP contribution is 2.45. The Balaban J connectivity index is 1.99. The van der Waals surface area contributed by atoms with Crippen molar-refractivity contribution in [2.45, 2.75) is 46.1 Å². The van der Waals surface area contributed by atoms with Gasteiger partial charge in [0.2, 0.25) is 5.91 Å². The Hall–Kier alpha value is -2.61. The van der Waals surface area contributed by atoms with Gasteiger partial charge in [-0.15, -0.1) is 0 Å². The van der Waals surface area contributed by atoms with Crippen LogP contribution >= 0.6 is 11.8 Å². The third-order valence-corrected chi connectivity index (χ3v) is 6.13. The van der Waals surface area contributed by atoms with Crippen molar-refractivity contribution < 1.29 is 18.7 Å². The first-order valence-corrected chi connectivity index (χ1v) is 11.3. The predicted molar refractivity (Wildman–Crippen MR) is 121 cm³/mol. The van der Waals surface area contributed by atoms with E-state index < -0.39 is 17.8 Å². The molecule has 6 nitrogen and oxygen atoms in total. The summed E-state index contributed by atoms with van der Waals surface area (Å²) >= 11 is 1.41. The number of allylic oxidation sites excluding steroid dienone is 1. The summed E-state index contributed by atoms with van der Waals surface area (Å²) in [4.78, 5) is 34.0. The van der Waals surface area contributed by atoms with Gasteiger partial charge in [-0.05, 0) is 42.9 Å². The fourth-order valence-electron chi connectivity index (χ4n) is 3.90. The predicted octanol–water partition coefficient (Wildman–Crippen LogP) is 4.61. The molecule has 3 rings (SSSR count). The van der Waals surface area contributed by atoms with Crippen LogP contribution in [0.25, 0.3) is 0 Å². The van der Waals surface area contributed by atoms with E-state index in [1.165, 1.54) is 31.0 Å². The van der Waals surface area contributed by atoms with Crippen molar-refractivity contribution >= 4 is 28.8 Å². The minimum Gasteiger partial charge on any atom is -0.466 e. The van der Waals surface area contributed by atoms with Gasteiger partial charge in [-0.3, -0.25) is 4.79 Å². The lowest BCUT2D eigenvalue weighted by atomic mass is 9.93. The van der Waals surface area contributed by atoms with Gasteiger partial charge in [0.15, 0.2) is 5.17 Å². The van der Waals surface area contributed by atoms with E-state index in [0.29, 0.717) is 35.1 Å². The second-order valence-corrected chi connectivity index (χ2v) is 8.33. The molecule has 2 heterocycles. The van der Waals surface area contributed by atoms with Crippen LogP contribution in [0.15, 0.2) is 51.6 Å². The number of amides is 1. The molecule has 1 aromatic carbocycles. The molecular formula is C23H28FN3O3S. The number of carbonyl (C=O) groups excluding carboxylic acids is 2. The molecule has 8 heteroatoms. The molecule has 0 bridgehead atoms. The van der Waals surface area contributed by atoms with Crippen molar-refractivity contribution in [2.24, 2.45) is 4.99 Å². The summed E-state index contributed by atoms with van der Waals surface area (Å²) in [5.41, 5.74) is 2.22. The summed E-state index contributed by atoms with van der Waals surface area (Å²) in [6.45, 7) is 7.25. The number of aliphatic imine (C=N–C) groups is 1. The van der Waals surface area contributed by atoms with Crippen molar-refractivity contribution in [1.82, 2.24) is 9.80 Å². The topological polar surface area (TPSA) is 62.2 Å². The number of thioether (sulfide) groups is 1. The number of ether oxygens (including phenoxy) is 1. The van der Waals surface area contributed by atoms with Crippen LogP contribution in [0.1, 0.15) is 51.6 Å². The number of hydrogen-bond donors (Lipinski definition) is 0. The molecule has 0 radical (unpaired) electrons. The molecule has 1 unspecified atom stereocenters. The van der Waals surface area contributed by atoms with E-state index >= 15 is 0 Å². The van der Waals surface area contributed by atoms with E-state index in [0.717, 1.165) is 18.5 Å². The largest absolute Gasteiger partial charge is 0.466 e. The maximum Gasteiger partial charge on any atom is 0.338 e. The highest BCUT2D eigenvalue weighted by atomic mass is 32.2. The zero-order valence-corrected chi connectivity index (χ0v) is 19.2. The highest BCUT2D eigenvalue weighted by Gasteiger charge is 2.41. The Bertz CT molecular complexity index is 951. The number of amidine groups is 1. The van der Waals surface area contributed by atoms with Crippen molar-refractivity contribution in [3.05, 3.63) is 58.0 Å². The molecule has 0 N–H and O–H groups in total. The van der Waals surface area contributed by atoms with Crippen molar-refractivity contribution in [3.63, 3.8) is 0 Å². The summed E-state index contributed by atoms with van der Waals surface area (Å²) in [5.74, 6) is -0.884. The molecule has 2 aliphatic heterocycles. The number of halogens is 1. The third kappa shape index (κ3) is 4.84. The summed E-state index contributed by atoms with van der Waals surface area (Å²) in [5, 5.41) is 2.56. The van der Waals surface area contributed by atoms with Crippen LogP contribution in [0, 0.1) is 5.82 Å². The smallest absolute Gasteiger partial charge is 0.338 e. The van der Waals surface area contributed by atoms with Crippen LogP contribution in [0.3, 0.4) is 0 Å². The van der Waals surface area contributed by atoms with Gasteiger partial charge in [-0.25, -0.2) is 14.2 Å². The van der Waals surface area contributed by atoms with Gasteiger partial charge in [0.1, 0.15) is 5.82 Å². The number of rotatable bonds is 8. The van der Waals surface area contributed by atoms with Crippen molar-refractivity contribution in [1.29, 1.82) is 0 Å². The average molecular weight is 446 g/mol. The molecular weight excluding hydrogens is 417 g/mol. The summed E-state index contributed by atoms with van der Waals surface area (Å²) < 4.78 is 19.1. The Labute approximate surface area is 186 Å². The van der Waals surface area contributed by atoms with Gasteiger partial charge >= 0.3 is 5.97 Å². The minimum absolute atomic E-state index is 0.0284. The van der Waals surface area contributed by atoms with E-state index in [4.69, 9.17) is 4.74 Å². The molecule has 0 aliphatic carbocycles. The molecule has 166 valence electrons. The van der Waals surface area contributed by atoms with E-state index in [1.54, 1.807) is 19.1 Å². The minimum atomic E-state index is -0.615. The lowest BCUT2D eigenvalue weighted by Gasteiger charge is -2.36. The first-order valence-electron chi connectivity index (χ1n) is 10.5. The quantitative estimate of drug-likeness (QED) is 0.547. The zero-order valence-electron chi connectivity index (χ0n) is 18.4. The molecule has 1 amide bonds. The van der Waals surface area contributed by atoms with Crippen LogP contribution in [-0.4, -0.2) is 47.0 Å². The molecule has 0 saturated carbocycles. The first-order chi connectivity index (χ1) is 14.9. The van der Waals surface area contributed by atoms with E-state index in [-0.39, 0.29) is 12.3 Å². The molecule has 31 heavy (non-hydrogen) atoms. The maximum absolute atomic E-state index is 14.1. The van der Waals surface area contributed by atoms with Crippen LogP contribution < -0.4 is 0 Å². The van der Waals surface area contributed by atoms with Gasteiger partial charge in [-0.1, -0.05) is 37.7 Å². The second kappa shape index (κ2) is 10.1. The number of hydrogen-bond acceptors (Lipinski definition) is 6. The Kier molecular flexibility index (Phi) is 7.54. The standard InChI is InChI=1S/C23H28FN3O3S/c1-5-10-26(11-6-2)19(28)13-18-14-31-23-25-15(3)20(22(29)30-4)21(27(18)23)16-8-7-9-17(24)12-16/h7-9,12,14,21H,5-6,10-11,13H2,1-4H3. The SMILES string of the molecule is CCCN(CCC)C(=O)CC1=CSC2=NC(C)=C(C(=O)OC)C(c3cccc(F)c3)N12. The Morgan fingerprint density at radius 3 is 2.58 bits per heavy atom. The molecule has 1 aromatic rings. The average Bonchev–Trinajstić information content (AvgIpc) is 3.13. The molecule has 0 aromatic heterocycles. The number of fused-ring (bicyclic) bond motifs is 1.